The molecule has 1 heterocycles. The molecular formula is C14H15N3O4. The van der Waals surface area contributed by atoms with Gasteiger partial charge in [0.25, 0.3) is 5.91 Å². The lowest BCUT2D eigenvalue weighted by Crippen LogP contribution is -2.43. The van der Waals surface area contributed by atoms with Crippen LogP contribution in [0.25, 0.3) is 11.3 Å². The third kappa shape index (κ3) is 3.67. The van der Waals surface area contributed by atoms with Gasteiger partial charge in [0.15, 0.2) is 18.2 Å². The van der Waals surface area contributed by atoms with E-state index in [1.807, 2.05) is 0 Å². The molecule has 0 radical (unpaired) electrons. The Labute approximate surface area is 121 Å². The minimum atomic E-state index is -1.35. The Morgan fingerprint density at radius 3 is 2.67 bits per heavy atom. The first-order valence-electron chi connectivity index (χ1n) is 6.34. The van der Waals surface area contributed by atoms with E-state index in [0.29, 0.717) is 11.4 Å². The van der Waals surface area contributed by atoms with Gasteiger partial charge in [-0.25, -0.2) is 9.78 Å². The Hall–Kier alpha value is -2.67. The molecule has 7 heteroatoms. The van der Waals surface area contributed by atoms with Crippen molar-refractivity contribution in [2.45, 2.75) is 13.0 Å². The number of ether oxygens (including phenoxy) is 1. The summed E-state index contributed by atoms with van der Waals surface area (Å²) in [4.78, 5) is 27.0. The molecule has 0 fully saturated rings. The fourth-order valence-electron chi connectivity index (χ4n) is 1.64. The second-order valence-electron chi connectivity index (χ2n) is 4.16. The summed E-state index contributed by atoms with van der Waals surface area (Å²) in [7, 11) is 0. The molecule has 0 aliphatic rings. The van der Waals surface area contributed by atoms with Crippen LogP contribution in [0.15, 0.2) is 41.3 Å². The monoisotopic (exact) mass is 289 g/mol. The minimum absolute atomic E-state index is 0.172. The zero-order valence-corrected chi connectivity index (χ0v) is 11.4. The van der Waals surface area contributed by atoms with Gasteiger partial charge in [-0.15, -0.1) is 0 Å². The lowest BCUT2D eigenvalue weighted by molar-refractivity contribution is -0.146. The maximum absolute atomic E-state index is 11.8. The van der Waals surface area contributed by atoms with Gasteiger partial charge in [-0.2, -0.15) is 0 Å². The predicted molar refractivity (Wildman–Crippen MR) is 75.2 cm³/mol. The van der Waals surface area contributed by atoms with Crippen molar-refractivity contribution in [3.8, 4) is 11.3 Å². The van der Waals surface area contributed by atoms with Crippen molar-refractivity contribution in [2.75, 3.05) is 11.9 Å². The summed E-state index contributed by atoms with van der Waals surface area (Å²) in [5.74, 6) is -0.759. The molecule has 0 aliphatic heterocycles. The van der Waals surface area contributed by atoms with E-state index in [0.717, 1.165) is 5.56 Å². The van der Waals surface area contributed by atoms with Crippen LogP contribution in [0.1, 0.15) is 6.92 Å². The van der Waals surface area contributed by atoms with Crippen molar-refractivity contribution in [2.24, 2.45) is 5.73 Å². The van der Waals surface area contributed by atoms with E-state index in [4.69, 9.17) is 10.2 Å². The van der Waals surface area contributed by atoms with Crippen LogP contribution in [0.5, 0.6) is 0 Å². The lowest BCUT2D eigenvalue weighted by Gasteiger charge is -2.11. The van der Waals surface area contributed by atoms with Gasteiger partial charge in [-0.3, -0.25) is 4.79 Å². The number of hydrogen-bond donors (Lipinski definition) is 2. The normalized spacial score (nSPS) is 11.7. The van der Waals surface area contributed by atoms with Crippen LogP contribution < -0.4 is 11.1 Å². The maximum atomic E-state index is 11.8. The molecule has 2 rings (SSSR count). The number of anilines is 1. The number of amides is 1. The highest BCUT2D eigenvalue weighted by atomic mass is 16.5. The number of nitrogens with one attached hydrogen (secondary N) is 1. The van der Waals surface area contributed by atoms with E-state index in [1.54, 1.807) is 37.4 Å². The average molecular weight is 289 g/mol. The summed E-state index contributed by atoms with van der Waals surface area (Å²) in [6.07, 6.45) is 2.92. The molecule has 3 N–H and O–H groups in total. The number of hydrogen-bond acceptors (Lipinski definition) is 6. The zero-order valence-electron chi connectivity index (χ0n) is 11.4. The molecule has 21 heavy (non-hydrogen) atoms. The SMILES string of the molecule is CCOC(=O)C(N)C(=O)Nc1ccc(-c2cnco2)cc1. The fraction of sp³-hybridized carbons (Fsp3) is 0.214. The van der Waals surface area contributed by atoms with Gasteiger partial charge >= 0.3 is 5.97 Å². The lowest BCUT2D eigenvalue weighted by atomic mass is 10.1. The molecule has 1 atom stereocenters. The molecule has 0 saturated heterocycles. The summed E-state index contributed by atoms with van der Waals surface area (Å²) >= 11 is 0. The molecule has 2 aromatic rings. The Kier molecular flexibility index (Phi) is 4.68. The van der Waals surface area contributed by atoms with Gasteiger partial charge in [0.2, 0.25) is 0 Å². The second-order valence-corrected chi connectivity index (χ2v) is 4.16. The first-order chi connectivity index (χ1) is 10.1. The van der Waals surface area contributed by atoms with Crippen molar-refractivity contribution in [1.29, 1.82) is 0 Å². The molecule has 0 spiro atoms. The topological polar surface area (TPSA) is 107 Å². The minimum Gasteiger partial charge on any atom is -0.464 e. The summed E-state index contributed by atoms with van der Waals surface area (Å²) in [5.41, 5.74) is 6.83. The molecule has 1 amide bonds. The van der Waals surface area contributed by atoms with Gasteiger partial charge in [0.05, 0.1) is 12.8 Å². The van der Waals surface area contributed by atoms with E-state index < -0.39 is 17.9 Å². The molecule has 1 aromatic carbocycles. The largest absolute Gasteiger partial charge is 0.464 e. The number of nitrogens with zero attached hydrogens (tertiary/aromatic N) is 1. The number of rotatable bonds is 5. The Balaban J connectivity index is 2.00. The van der Waals surface area contributed by atoms with Crippen molar-refractivity contribution >= 4 is 17.6 Å². The average Bonchev–Trinajstić information content (AvgIpc) is 3.01. The summed E-state index contributed by atoms with van der Waals surface area (Å²) in [6.45, 7) is 1.82. The van der Waals surface area contributed by atoms with Crippen molar-refractivity contribution in [1.82, 2.24) is 4.98 Å². The van der Waals surface area contributed by atoms with E-state index in [1.165, 1.54) is 6.39 Å². The van der Waals surface area contributed by atoms with E-state index >= 15 is 0 Å². The molecular weight excluding hydrogens is 274 g/mol. The van der Waals surface area contributed by atoms with Gasteiger partial charge in [-0.05, 0) is 31.2 Å². The highest BCUT2D eigenvalue weighted by Crippen LogP contribution is 2.20. The molecule has 0 saturated carbocycles. The van der Waals surface area contributed by atoms with Crippen LogP contribution in [0.4, 0.5) is 5.69 Å². The third-order valence-corrected chi connectivity index (χ3v) is 2.69. The number of oxazole rings is 1. The van der Waals surface area contributed by atoms with Crippen molar-refractivity contribution < 1.29 is 18.7 Å². The number of esters is 1. The number of carbonyl (C=O) groups is 2. The van der Waals surface area contributed by atoms with Crippen LogP contribution in [-0.4, -0.2) is 29.5 Å². The van der Waals surface area contributed by atoms with Crippen molar-refractivity contribution in [3.63, 3.8) is 0 Å². The smallest absolute Gasteiger partial charge is 0.332 e. The standard InChI is InChI=1S/C14H15N3O4/c1-2-20-14(19)12(15)13(18)17-10-5-3-9(4-6-10)11-7-16-8-21-11/h3-8,12H,2,15H2,1H3,(H,17,18). The summed E-state index contributed by atoms with van der Waals surface area (Å²) < 4.78 is 9.84. The van der Waals surface area contributed by atoms with Gasteiger partial charge in [0.1, 0.15) is 0 Å². The maximum Gasteiger partial charge on any atom is 0.332 e. The van der Waals surface area contributed by atoms with Crippen LogP contribution in [0.3, 0.4) is 0 Å². The summed E-state index contributed by atoms with van der Waals surface area (Å²) in [6, 6.07) is 5.51. The van der Waals surface area contributed by atoms with Crippen LogP contribution in [0, 0.1) is 0 Å². The number of aromatic nitrogens is 1. The quantitative estimate of drug-likeness (QED) is 0.632. The number of carbonyl (C=O) groups excluding carboxylic acids is 2. The van der Waals surface area contributed by atoms with Crippen LogP contribution in [0.2, 0.25) is 0 Å². The Bertz CT molecular complexity index is 608. The molecule has 0 aliphatic carbocycles. The Morgan fingerprint density at radius 2 is 2.10 bits per heavy atom. The van der Waals surface area contributed by atoms with Gasteiger partial charge in [0, 0.05) is 11.3 Å². The first-order valence-corrected chi connectivity index (χ1v) is 6.34. The van der Waals surface area contributed by atoms with E-state index in [-0.39, 0.29) is 6.61 Å². The predicted octanol–water partition coefficient (Wildman–Crippen LogP) is 1.17. The summed E-state index contributed by atoms with van der Waals surface area (Å²) in [5, 5.41) is 2.54. The second kappa shape index (κ2) is 6.67. The van der Waals surface area contributed by atoms with E-state index in [2.05, 4.69) is 15.0 Å². The molecule has 110 valence electrons. The fourth-order valence-corrected chi connectivity index (χ4v) is 1.64. The van der Waals surface area contributed by atoms with Crippen LogP contribution in [-0.2, 0) is 14.3 Å². The molecule has 0 bridgehead atoms. The number of nitrogens with two attached hydrogens (primary N) is 1. The van der Waals surface area contributed by atoms with Crippen molar-refractivity contribution in [3.05, 3.63) is 36.9 Å². The Morgan fingerprint density at radius 1 is 1.38 bits per heavy atom. The number of benzene rings is 1. The first kappa shape index (κ1) is 14.7. The van der Waals surface area contributed by atoms with Gasteiger partial charge in [-0.1, -0.05) is 0 Å². The van der Waals surface area contributed by atoms with E-state index in [9.17, 15) is 9.59 Å². The highest BCUT2D eigenvalue weighted by Gasteiger charge is 2.23. The molecule has 1 unspecified atom stereocenters. The third-order valence-electron chi connectivity index (χ3n) is 2.69. The molecule has 7 nitrogen and oxygen atoms in total. The molecule has 1 aromatic heterocycles. The highest BCUT2D eigenvalue weighted by molar-refractivity contribution is 6.08. The zero-order chi connectivity index (χ0) is 15.2. The van der Waals surface area contributed by atoms with Crippen LogP contribution >= 0.6 is 0 Å². The van der Waals surface area contributed by atoms with Gasteiger partial charge < -0.3 is 20.2 Å².